The minimum atomic E-state index is -0.239. The van der Waals surface area contributed by atoms with Gasteiger partial charge >= 0.3 is 0 Å². The first-order valence-corrected chi connectivity index (χ1v) is 9.94. The fourth-order valence-corrected chi connectivity index (χ4v) is 4.25. The SMILES string of the molecule is Cc1cccc(NC(=O)CNC(=O)CSc2nc3ccccc3s2)c1C. The number of carbonyl (C=O) groups is 2. The Labute approximate surface area is 160 Å². The zero-order chi connectivity index (χ0) is 18.5. The van der Waals surface area contributed by atoms with Gasteiger partial charge in [-0.25, -0.2) is 4.98 Å². The van der Waals surface area contributed by atoms with Gasteiger partial charge in [-0.05, 0) is 43.2 Å². The Morgan fingerprint density at radius 2 is 1.88 bits per heavy atom. The number of para-hydroxylation sites is 1. The van der Waals surface area contributed by atoms with Crippen LogP contribution in [0, 0.1) is 13.8 Å². The van der Waals surface area contributed by atoms with E-state index in [0.29, 0.717) is 0 Å². The normalized spacial score (nSPS) is 10.7. The molecular weight excluding hydrogens is 366 g/mol. The third kappa shape index (κ3) is 4.62. The molecule has 0 aliphatic rings. The monoisotopic (exact) mass is 385 g/mol. The number of rotatable bonds is 6. The molecule has 3 aromatic rings. The van der Waals surface area contributed by atoms with Gasteiger partial charge in [0, 0.05) is 5.69 Å². The van der Waals surface area contributed by atoms with Crippen molar-refractivity contribution in [2.24, 2.45) is 0 Å². The Bertz CT molecular complexity index is 920. The summed E-state index contributed by atoms with van der Waals surface area (Å²) in [4.78, 5) is 28.5. The number of thiazole rings is 1. The fourth-order valence-electron chi connectivity index (χ4n) is 2.35. The molecule has 26 heavy (non-hydrogen) atoms. The largest absolute Gasteiger partial charge is 0.346 e. The Morgan fingerprint density at radius 3 is 2.69 bits per heavy atom. The average Bonchev–Trinajstić information content (AvgIpc) is 3.05. The topological polar surface area (TPSA) is 71.1 Å². The van der Waals surface area contributed by atoms with E-state index in [-0.39, 0.29) is 24.1 Å². The van der Waals surface area contributed by atoms with Crippen LogP contribution in [0.1, 0.15) is 11.1 Å². The second-order valence-corrected chi connectivity index (χ2v) is 8.06. The van der Waals surface area contributed by atoms with Crippen molar-refractivity contribution in [3.05, 3.63) is 53.6 Å². The zero-order valence-electron chi connectivity index (χ0n) is 14.5. The number of anilines is 1. The van der Waals surface area contributed by atoms with E-state index >= 15 is 0 Å². The first-order valence-electron chi connectivity index (χ1n) is 8.14. The molecule has 5 nitrogen and oxygen atoms in total. The molecule has 0 aliphatic heterocycles. The highest BCUT2D eigenvalue weighted by atomic mass is 32.2. The van der Waals surface area contributed by atoms with Crippen molar-refractivity contribution in [3.63, 3.8) is 0 Å². The molecule has 0 spiro atoms. The summed E-state index contributed by atoms with van der Waals surface area (Å²) in [6, 6.07) is 13.6. The Hall–Kier alpha value is -2.38. The lowest BCUT2D eigenvalue weighted by molar-refractivity contribution is -0.122. The minimum absolute atomic E-state index is 0.0490. The second-order valence-electron chi connectivity index (χ2n) is 5.81. The van der Waals surface area contributed by atoms with Gasteiger partial charge in [0.25, 0.3) is 0 Å². The number of hydrogen-bond acceptors (Lipinski definition) is 5. The number of amides is 2. The van der Waals surface area contributed by atoms with E-state index in [9.17, 15) is 9.59 Å². The molecule has 1 heterocycles. The summed E-state index contributed by atoms with van der Waals surface area (Å²) in [5.74, 6) is -0.196. The molecule has 7 heteroatoms. The van der Waals surface area contributed by atoms with Gasteiger partial charge < -0.3 is 10.6 Å². The van der Waals surface area contributed by atoms with Crippen molar-refractivity contribution in [2.45, 2.75) is 18.2 Å². The molecule has 2 N–H and O–H groups in total. The van der Waals surface area contributed by atoms with Crippen LogP contribution < -0.4 is 10.6 Å². The molecule has 0 saturated heterocycles. The van der Waals surface area contributed by atoms with Crippen LogP contribution in [-0.2, 0) is 9.59 Å². The molecule has 0 atom stereocenters. The molecule has 0 bridgehead atoms. The Morgan fingerprint density at radius 1 is 1.08 bits per heavy atom. The lowest BCUT2D eigenvalue weighted by Crippen LogP contribution is -2.34. The number of aryl methyl sites for hydroxylation is 1. The summed E-state index contributed by atoms with van der Waals surface area (Å²) in [7, 11) is 0. The van der Waals surface area contributed by atoms with E-state index in [1.54, 1.807) is 11.3 Å². The molecule has 0 aliphatic carbocycles. The smallest absolute Gasteiger partial charge is 0.243 e. The molecule has 0 unspecified atom stereocenters. The average molecular weight is 386 g/mol. The quantitative estimate of drug-likeness (QED) is 0.634. The number of hydrogen-bond donors (Lipinski definition) is 2. The predicted octanol–water partition coefficient (Wildman–Crippen LogP) is 3.76. The highest BCUT2D eigenvalue weighted by Gasteiger charge is 2.10. The summed E-state index contributed by atoms with van der Waals surface area (Å²) in [5, 5.41) is 5.47. The highest BCUT2D eigenvalue weighted by molar-refractivity contribution is 8.01. The fraction of sp³-hybridized carbons (Fsp3) is 0.211. The van der Waals surface area contributed by atoms with Crippen LogP contribution in [0.5, 0.6) is 0 Å². The van der Waals surface area contributed by atoms with Crippen LogP contribution in [-0.4, -0.2) is 29.1 Å². The summed E-state index contributed by atoms with van der Waals surface area (Å²) in [6.45, 7) is 3.90. The number of aromatic nitrogens is 1. The van der Waals surface area contributed by atoms with Crippen molar-refractivity contribution in [3.8, 4) is 0 Å². The number of carbonyl (C=O) groups excluding carboxylic acids is 2. The minimum Gasteiger partial charge on any atom is -0.346 e. The van der Waals surface area contributed by atoms with Crippen LogP contribution >= 0.6 is 23.1 Å². The van der Waals surface area contributed by atoms with Gasteiger partial charge in [-0.2, -0.15) is 0 Å². The number of nitrogens with one attached hydrogen (secondary N) is 2. The summed E-state index contributed by atoms with van der Waals surface area (Å²) < 4.78 is 1.95. The van der Waals surface area contributed by atoms with E-state index in [4.69, 9.17) is 0 Å². The number of nitrogens with zero attached hydrogens (tertiary/aromatic N) is 1. The van der Waals surface area contributed by atoms with Crippen LogP contribution in [0.2, 0.25) is 0 Å². The predicted molar refractivity (Wildman–Crippen MR) is 108 cm³/mol. The van der Waals surface area contributed by atoms with Crippen molar-refractivity contribution in [1.82, 2.24) is 10.3 Å². The van der Waals surface area contributed by atoms with Crippen molar-refractivity contribution >= 4 is 50.8 Å². The standard InChI is InChI=1S/C19H19N3O2S2/c1-12-6-5-8-14(13(12)2)21-17(23)10-20-18(24)11-25-19-22-15-7-3-4-9-16(15)26-19/h3-9H,10-11H2,1-2H3,(H,20,24)(H,21,23). The zero-order valence-corrected chi connectivity index (χ0v) is 16.2. The summed E-state index contributed by atoms with van der Waals surface area (Å²) >= 11 is 2.94. The lowest BCUT2D eigenvalue weighted by atomic mass is 10.1. The maximum absolute atomic E-state index is 12.0. The molecule has 134 valence electrons. The van der Waals surface area contributed by atoms with Crippen LogP contribution in [0.4, 0.5) is 5.69 Å². The number of thioether (sulfide) groups is 1. The number of fused-ring (bicyclic) bond motifs is 1. The molecular formula is C19H19N3O2S2. The molecule has 3 rings (SSSR count). The van der Waals surface area contributed by atoms with Gasteiger partial charge in [0.2, 0.25) is 11.8 Å². The third-order valence-electron chi connectivity index (χ3n) is 3.93. The van der Waals surface area contributed by atoms with Gasteiger partial charge in [0.05, 0.1) is 22.5 Å². The Balaban J connectivity index is 1.46. The first-order chi connectivity index (χ1) is 12.5. The van der Waals surface area contributed by atoms with Crippen LogP contribution in [0.3, 0.4) is 0 Å². The van der Waals surface area contributed by atoms with Gasteiger partial charge in [-0.3, -0.25) is 9.59 Å². The van der Waals surface area contributed by atoms with Crippen molar-refractivity contribution in [1.29, 1.82) is 0 Å². The highest BCUT2D eigenvalue weighted by Crippen LogP contribution is 2.29. The van der Waals surface area contributed by atoms with Crippen molar-refractivity contribution < 1.29 is 9.59 Å². The molecule has 0 fully saturated rings. The van der Waals surface area contributed by atoms with Gasteiger partial charge in [-0.1, -0.05) is 36.0 Å². The molecule has 1 aromatic heterocycles. The van der Waals surface area contributed by atoms with Gasteiger partial charge in [0.15, 0.2) is 4.34 Å². The van der Waals surface area contributed by atoms with E-state index in [1.165, 1.54) is 11.8 Å². The van der Waals surface area contributed by atoms with Gasteiger partial charge in [0.1, 0.15) is 0 Å². The van der Waals surface area contributed by atoms with E-state index in [2.05, 4.69) is 15.6 Å². The molecule has 2 aromatic carbocycles. The molecule has 2 amide bonds. The third-order valence-corrected chi connectivity index (χ3v) is 6.11. The Kier molecular flexibility index (Phi) is 5.90. The van der Waals surface area contributed by atoms with Crippen molar-refractivity contribution in [2.75, 3.05) is 17.6 Å². The summed E-state index contributed by atoms with van der Waals surface area (Å²) in [5.41, 5.74) is 3.85. The summed E-state index contributed by atoms with van der Waals surface area (Å²) in [6.07, 6.45) is 0. The maximum atomic E-state index is 12.0. The number of benzene rings is 2. The van der Waals surface area contributed by atoms with E-state index in [0.717, 1.165) is 31.4 Å². The maximum Gasteiger partial charge on any atom is 0.243 e. The molecule has 0 saturated carbocycles. The van der Waals surface area contributed by atoms with Crippen LogP contribution in [0.15, 0.2) is 46.8 Å². The van der Waals surface area contributed by atoms with E-state index < -0.39 is 0 Å². The van der Waals surface area contributed by atoms with Gasteiger partial charge in [-0.15, -0.1) is 11.3 Å². The first kappa shape index (κ1) is 18.4. The lowest BCUT2D eigenvalue weighted by Gasteiger charge is -2.10. The second kappa shape index (κ2) is 8.33. The molecule has 0 radical (unpaired) electrons. The van der Waals surface area contributed by atoms with E-state index in [1.807, 2.05) is 56.3 Å². The van der Waals surface area contributed by atoms with Crippen LogP contribution in [0.25, 0.3) is 10.2 Å².